The van der Waals surface area contributed by atoms with Gasteiger partial charge in [0.15, 0.2) is 36.9 Å². The Kier molecular flexibility index (Phi) is 8.78. The van der Waals surface area contributed by atoms with Gasteiger partial charge in [0, 0.05) is 12.6 Å². The Morgan fingerprint density at radius 2 is 2.07 bits per heavy atom. The minimum Gasteiger partial charge on any atom is -0.394 e. The molecule has 2 fully saturated rings. The molecule has 0 bridgehead atoms. The van der Waals surface area contributed by atoms with Gasteiger partial charge in [0.1, 0.15) is 36.1 Å². The number of aromatic nitrogens is 8. The summed E-state index contributed by atoms with van der Waals surface area (Å²) in [4.78, 5) is 47.4. The molecule has 4 unspecified atom stereocenters. The molecule has 9 atom stereocenters. The fourth-order valence-electron chi connectivity index (χ4n) is 5.05. The number of hydrogen-bond acceptors (Lipinski definition) is 16. The molecule has 19 nitrogen and oxygen atoms in total. The van der Waals surface area contributed by atoms with Crippen LogP contribution in [0.2, 0.25) is 0 Å². The van der Waals surface area contributed by atoms with Gasteiger partial charge in [-0.3, -0.25) is 9.78 Å². The van der Waals surface area contributed by atoms with Crippen molar-refractivity contribution in [2.75, 3.05) is 24.7 Å². The lowest BCUT2D eigenvalue weighted by atomic mass is 10.1. The van der Waals surface area contributed by atoms with Gasteiger partial charge in [-0.2, -0.15) is 9.67 Å². The molecule has 6 rings (SSSR count). The molecule has 8 N–H and O–H groups in total. The van der Waals surface area contributed by atoms with Gasteiger partial charge in [-0.1, -0.05) is 5.21 Å². The van der Waals surface area contributed by atoms with Gasteiger partial charge in [-0.05, 0) is 29.7 Å². The van der Waals surface area contributed by atoms with Crippen molar-refractivity contribution >= 4 is 71.4 Å². The molecule has 4 aromatic heterocycles. The van der Waals surface area contributed by atoms with E-state index in [9.17, 15) is 19.7 Å². The van der Waals surface area contributed by atoms with Crippen molar-refractivity contribution in [2.24, 2.45) is 0 Å². The van der Waals surface area contributed by atoms with E-state index in [1.807, 2.05) is 0 Å². The first-order valence-corrected chi connectivity index (χ1v) is 17.8. The summed E-state index contributed by atoms with van der Waals surface area (Å²) in [6.45, 7) is -5.09. The van der Waals surface area contributed by atoms with Gasteiger partial charge in [0.25, 0.3) is 5.56 Å². The average Bonchev–Trinajstić information content (AvgIpc) is 3.73. The van der Waals surface area contributed by atoms with Gasteiger partial charge < -0.3 is 54.0 Å². The predicted molar refractivity (Wildman–Crippen MR) is 157 cm³/mol. The third-order valence-corrected chi connectivity index (χ3v) is 9.28. The van der Waals surface area contributed by atoms with Gasteiger partial charge in [-0.25, -0.2) is 14.4 Å². The Morgan fingerprint density at radius 3 is 2.82 bits per heavy atom. The number of fused-ring (bicyclic) bond motifs is 2. The zero-order valence-electron chi connectivity index (χ0n) is 22.1. The van der Waals surface area contributed by atoms with Crippen molar-refractivity contribution < 1.29 is 42.3 Å². The Hall–Kier alpha value is -2.59. The Balaban J connectivity index is 1.20. The summed E-state index contributed by atoms with van der Waals surface area (Å²) >= 11 is 10.0. The normalized spacial score (nSPS) is 29.4. The molecule has 44 heavy (non-hydrogen) atoms. The molecule has 0 radical (unpaired) electrons. The van der Waals surface area contributed by atoms with Crippen molar-refractivity contribution in [1.29, 1.82) is 0 Å². The summed E-state index contributed by atoms with van der Waals surface area (Å²) in [5.74, 6) is -0.0224. The van der Waals surface area contributed by atoms with Crippen LogP contribution in [0.5, 0.6) is 0 Å². The summed E-state index contributed by atoms with van der Waals surface area (Å²) < 4.78 is 46.5. The molecule has 6 heterocycles. The quantitative estimate of drug-likeness (QED) is 0.110. The van der Waals surface area contributed by atoms with Gasteiger partial charge in [0.2, 0.25) is 5.95 Å². The van der Waals surface area contributed by atoms with Crippen LogP contribution in [-0.4, -0.2) is 98.2 Å². The van der Waals surface area contributed by atoms with Crippen molar-refractivity contribution in [1.82, 2.24) is 39.5 Å². The number of H-pyrrole nitrogens is 1. The molecule has 0 aliphatic carbocycles. The minimum absolute atomic E-state index is 0.0295. The van der Waals surface area contributed by atoms with Crippen molar-refractivity contribution in [3.8, 4) is 0 Å². The zero-order valence-corrected chi connectivity index (χ0v) is 25.6. The average molecular weight is 695 g/mol. The monoisotopic (exact) mass is 694 g/mol. The van der Waals surface area contributed by atoms with Crippen LogP contribution >= 0.6 is 13.9 Å². The lowest BCUT2D eigenvalue weighted by Gasteiger charge is -2.25. The van der Waals surface area contributed by atoms with E-state index in [2.05, 4.69) is 30.2 Å². The number of nitrogen functional groups attached to an aromatic ring is 2. The van der Waals surface area contributed by atoms with E-state index >= 15 is 4.39 Å². The lowest BCUT2D eigenvalue weighted by Crippen LogP contribution is -2.33. The molecular weight excluding hydrogens is 669 g/mol. The minimum atomic E-state index is -4.14. The number of nitrogens with one attached hydrogen (secondary N) is 1. The number of rotatable bonds is 10. The number of anilines is 2. The third-order valence-electron chi connectivity index (χ3n) is 6.93. The molecule has 0 saturated carbocycles. The van der Waals surface area contributed by atoms with E-state index in [1.54, 1.807) is 6.07 Å². The number of hydrogen-bond donors (Lipinski definition) is 6. The van der Waals surface area contributed by atoms with Crippen molar-refractivity contribution in [3.63, 3.8) is 0 Å². The van der Waals surface area contributed by atoms with Crippen LogP contribution in [0.4, 0.5) is 16.2 Å². The SMILES string of the molecule is Nc1nc2c(nnn2[C@@H]2O[C@H](CO)CC2OP(O)(=S)OC[C@H]2O[C@@H](n3ccc4c(N)ncnc43)[C@@H](F)C2O[PH](O)=S)c(=O)[nH]1. The van der Waals surface area contributed by atoms with Gasteiger partial charge in [-0.15, -0.1) is 5.10 Å². The highest BCUT2D eigenvalue weighted by Crippen LogP contribution is 2.50. The van der Waals surface area contributed by atoms with Crippen LogP contribution in [0.3, 0.4) is 0 Å². The number of aliphatic hydroxyl groups is 1. The molecule has 2 aliphatic rings. The maximum absolute atomic E-state index is 15.7. The standard InChI is InChI=1S/C20H25FN10O9P2S2/c21-11-13(39-41(34)43)10(38-19(11)30-2-1-8-14(22)24-6-25-15(8)30)5-36-42(35,44)40-9-3-7(4-32)37-18(9)31-16-12(28-29-31)17(33)27-20(23)26-16/h1-2,6-7,9-11,13,18-19,32,41H,3-5H2,(H,34,43)(H,35,44)(H2,22,24,25)(H3,23,26,27,33)/t7-,9?,10+,11-,13?,18+,19+,42?/m0/s1. The second kappa shape index (κ2) is 12.3. The summed E-state index contributed by atoms with van der Waals surface area (Å²) in [6.07, 6.45) is -6.00. The Morgan fingerprint density at radius 1 is 1.27 bits per heavy atom. The molecular formula is C20H25FN10O9P2S2. The van der Waals surface area contributed by atoms with E-state index < -0.39 is 75.7 Å². The Bertz CT molecular complexity index is 1830. The summed E-state index contributed by atoms with van der Waals surface area (Å²) in [6, 6.07) is 1.59. The molecule has 4 aromatic rings. The fraction of sp³-hybridized carbons (Fsp3) is 0.500. The largest absolute Gasteiger partial charge is 0.394 e. The first-order valence-electron chi connectivity index (χ1n) is 12.7. The molecule has 0 spiro atoms. The van der Waals surface area contributed by atoms with Crippen LogP contribution in [0.15, 0.2) is 23.4 Å². The van der Waals surface area contributed by atoms with E-state index in [0.29, 0.717) is 11.0 Å². The highest BCUT2D eigenvalue weighted by molar-refractivity contribution is 8.07. The van der Waals surface area contributed by atoms with E-state index in [-0.39, 0.29) is 29.4 Å². The van der Waals surface area contributed by atoms with Gasteiger partial charge >= 0.3 is 6.72 Å². The molecule has 24 heteroatoms. The number of ether oxygens (including phenoxy) is 2. The molecule has 0 aromatic carbocycles. The molecule has 0 amide bonds. The lowest BCUT2D eigenvalue weighted by molar-refractivity contribution is -0.0586. The predicted octanol–water partition coefficient (Wildman–Crippen LogP) is -0.859. The van der Waals surface area contributed by atoms with Crippen LogP contribution in [-0.2, 0) is 46.7 Å². The first-order chi connectivity index (χ1) is 21.0. The number of aromatic amines is 1. The first kappa shape index (κ1) is 31.4. The van der Waals surface area contributed by atoms with Crippen LogP contribution in [0.25, 0.3) is 22.2 Å². The van der Waals surface area contributed by atoms with Gasteiger partial charge in [0.05, 0.1) is 24.7 Å². The number of alkyl halides is 1. The van der Waals surface area contributed by atoms with Crippen LogP contribution in [0.1, 0.15) is 18.9 Å². The van der Waals surface area contributed by atoms with E-state index in [1.165, 1.54) is 17.1 Å². The van der Waals surface area contributed by atoms with Crippen LogP contribution in [0, 0.1) is 0 Å². The maximum Gasteiger partial charge on any atom is 0.325 e. The summed E-state index contributed by atoms with van der Waals surface area (Å²) in [5.41, 5.74) is 11.0. The van der Waals surface area contributed by atoms with Crippen molar-refractivity contribution in [2.45, 2.75) is 49.5 Å². The molecule has 238 valence electrons. The topological polar surface area (TPSA) is 266 Å². The third kappa shape index (κ3) is 6.00. The zero-order chi connectivity index (χ0) is 31.3. The second-order valence-corrected chi connectivity index (χ2v) is 14.3. The highest BCUT2D eigenvalue weighted by Gasteiger charge is 2.49. The number of aliphatic hydroxyl groups excluding tert-OH is 1. The van der Waals surface area contributed by atoms with E-state index in [4.69, 9.17) is 58.1 Å². The number of nitrogens with zero attached hydrogens (tertiary/aromatic N) is 7. The highest BCUT2D eigenvalue weighted by atomic mass is 32.5. The van der Waals surface area contributed by atoms with E-state index in [0.717, 1.165) is 4.68 Å². The van der Waals surface area contributed by atoms with Crippen LogP contribution < -0.4 is 17.0 Å². The maximum atomic E-state index is 15.7. The summed E-state index contributed by atoms with van der Waals surface area (Å²) in [5, 5.41) is 17.9. The van der Waals surface area contributed by atoms with Crippen molar-refractivity contribution in [3.05, 3.63) is 28.9 Å². The molecule has 2 saturated heterocycles. The smallest absolute Gasteiger partial charge is 0.325 e. The fourth-order valence-corrected chi connectivity index (χ4v) is 7.34. The molecule has 2 aliphatic heterocycles. The number of nitrogens with two attached hydrogens (primary N) is 2. The number of halogens is 1. The second-order valence-electron chi connectivity index (χ2n) is 9.71. The summed E-state index contributed by atoms with van der Waals surface area (Å²) in [7, 11) is -2.81. The Labute approximate surface area is 256 Å².